The Balaban J connectivity index is 1.87. The second-order valence-corrected chi connectivity index (χ2v) is 6.50. The number of benzene rings is 2. The molecule has 1 heterocycles. The smallest absolute Gasteiger partial charge is 0.325 e. The number of nitrogens with zero attached hydrogens (tertiary/aromatic N) is 1. The standard InChI is InChI=1S/C21H22N2O4/c1-3-12-21(16-9-5-4-6-10-16)19(25)23(20(26)22-21)14-18(24)15-8-7-11-17(13-15)27-2/h4-11,13H,3,12,14H2,1-2H3,(H,22,26). The number of rotatable bonds is 7. The minimum absolute atomic E-state index is 0.309. The van der Waals surface area contributed by atoms with Crippen LogP contribution in [0.25, 0.3) is 0 Å². The van der Waals surface area contributed by atoms with Crippen LogP contribution in [-0.4, -0.2) is 36.3 Å². The van der Waals surface area contributed by atoms with Crippen LogP contribution in [0.3, 0.4) is 0 Å². The highest BCUT2D eigenvalue weighted by atomic mass is 16.5. The molecule has 2 aromatic rings. The normalized spacial score (nSPS) is 19.1. The van der Waals surface area contributed by atoms with Gasteiger partial charge in [-0.3, -0.25) is 14.5 Å². The zero-order valence-electron chi connectivity index (χ0n) is 15.4. The number of imide groups is 1. The van der Waals surface area contributed by atoms with E-state index in [4.69, 9.17) is 4.74 Å². The van der Waals surface area contributed by atoms with E-state index < -0.39 is 17.5 Å². The molecule has 0 saturated carbocycles. The molecule has 1 saturated heterocycles. The molecule has 6 nitrogen and oxygen atoms in total. The van der Waals surface area contributed by atoms with Crippen LogP contribution in [0, 0.1) is 0 Å². The molecular weight excluding hydrogens is 344 g/mol. The zero-order chi connectivity index (χ0) is 19.4. The SMILES string of the molecule is CCCC1(c2ccccc2)NC(=O)N(CC(=O)c2cccc(OC)c2)C1=O. The van der Waals surface area contributed by atoms with E-state index in [2.05, 4.69) is 5.32 Å². The van der Waals surface area contributed by atoms with Crippen LogP contribution >= 0.6 is 0 Å². The fourth-order valence-electron chi connectivity index (χ4n) is 3.41. The van der Waals surface area contributed by atoms with Crippen molar-refractivity contribution in [2.75, 3.05) is 13.7 Å². The number of nitrogens with one attached hydrogen (secondary N) is 1. The lowest BCUT2D eigenvalue weighted by Crippen LogP contribution is -2.44. The minimum Gasteiger partial charge on any atom is -0.497 e. The maximum absolute atomic E-state index is 13.2. The van der Waals surface area contributed by atoms with Gasteiger partial charge in [0.2, 0.25) is 0 Å². The van der Waals surface area contributed by atoms with E-state index in [9.17, 15) is 14.4 Å². The van der Waals surface area contributed by atoms with Gasteiger partial charge in [-0.2, -0.15) is 0 Å². The molecular formula is C21H22N2O4. The van der Waals surface area contributed by atoms with Crippen LogP contribution in [0.5, 0.6) is 5.75 Å². The molecule has 0 aliphatic carbocycles. The van der Waals surface area contributed by atoms with Gasteiger partial charge in [0, 0.05) is 5.56 Å². The van der Waals surface area contributed by atoms with Crippen molar-refractivity contribution in [1.82, 2.24) is 10.2 Å². The third-order valence-corrected chi connectivity index (χ3v) is 4.76. The van der Waals surface area contributed by atoms with Gasteiger partial charge in [0.25, 0.3) is 5.91 Å². The molecule has 6 heteroatoms. The van der Waals surface area contributed by atoms with Gasteiger partial charge in [-0.15, -0.1) is 0 Å². The Hall–Kier alpha value is -3.15. The highest BCUT2D eigenvalue weighted by Gasteiger charge is 2.52. The van der Waals surface area contributed by atoms with Crippen LogP contribution in [-0.2, 0) is 10.3 Å². The molecule has 1 atom stereocenters. The van der Waals surface area contributed by atoms with Crippen LogP contribution in [0.15, 0.2) is 54.6 Å². The third kappa shape index (κ3) is 3.43. The summed E-state index contributed by atoms with van der Waals surface area (Å²) in [5.41, 5.74) is -0.00828. The molecule has 1 N–H and O–H groups in total. The summed E-state index contributed by atoms with van der Waals surface area (Å²) < 4.78 is 5.13. The summed E-state index contributed by atoms with van der Waals surface area (Å²) in [6.07, 6.45) is 1.17. The lowest BCUT2D eigenvalue weighted by molar-refractivity contribution is -0.131. The summed E-state index contributed by atoms with van der Waals surface area (Å²) in [7, 11) is 1.51. The molecule has 140 valence electrons. The summed E-state index contributed by atoms with van der Waals surface area (Å²) >= 11 is 0. The number of amides is 3. The first-order valence-electron chi connectivity index (χ1n) is 8.88. The van der Waals surface area contributed by atoms with Gasteiger partial charge in [0.1, 0.15) is 11.3 Å². The number of carbonyl (C=O) groups is 3. The number of methoxy groups -OCH3 is 1. The Labute approximate surface area is 158 Å². The monoisotopic (exact) mass is 366 g/mol. The molecule has 3 amide bonds. The lowest BCUT2D eigenvalue weighted by Gasteiger charge is -2.26. The third-order valence-electron chi connectivity index (χ3n) is 4.76. The predicted molar refractivity (Wildman–Crippen MR) is 101 cm³/mol. The fraction of sp³-hybridized carbons (Fsp3) is 0.286. The molecule has 1 aliphatic heterocycles. The molecule has 27 heavy (non-hydrogen) atoms. The highest BCUT2D eigenvalue weighted by Crippen LogP contribution is 2.33. The maximum Gasteiger partial charge on any atom is 0.325 e. The molecule has 2 aromatic carbocycles. The summed E-state index contributed by atoms with van der Waals surface area (Å²) in [5, 5.41) is 2.82. The summed E-state index contributed by atoms with van der Waals surface area (Å²) in [6.45, 7) is 1.64. The summed E-state index contributed by atoms with van der Waals surface area (Å²) in [4.78, 5) is 39.4. The van der Waals surface area contributed by atoms with Crippen LogP contribution in [0.1, 0.15) is 35.7 Å². The van der Waals surface area contributed by atoms with E-state index in [1.165, 1.54) is 7.11 Å². The van der Waals surface area contributed by atoms with Crippen molar-refractivity contribution in [2.45, 2.75) is 25.3 Å². The molecule has 0 bridgehead atoms. The topological polar surface area (TPSA) is 75.7 Å². The molecule has 1 fully saturated rings. The van der Waals surface area contributed by atoms with E-state index >= 15 is 0 Å². The van der Waals surface area contributed by atoms with E-state index in [1.54, 1.807) is 24.3 Å². The van der Waals surface area contributed by atoms with Crippen molar-refractivity contribution in [3.05, 3.63) is 65.7 Å². The van der Waals surface area contributed by atoms with Gasteiger partial charge < -0.3 is 10.1 Å². The average Bonchev–Trinajstić information content (AvgIpc) is 2.94. The van der Waals surface area contributed by atoms with Crippen molar-refractivity contribution < 1.29 is 19.1 Å². The Kier molecular flexibility index (Phi) is 5.26. The number of Topliss-reactive ketones (excluding diaryl/α,β-unsaturated/α-hetero) is 1. The lowest BCUT2D eigenvalue weighted by atomic mass is 9.85. The first kappa shape index (κ1) is 18.6. The first-order chi connectivity index (χ1) is 13.0. The predicted octanol–water partition coefficient (Wildman–Crippen LogP) is 3.13. The quantitative estimate of drug-likeness (QED) is 0.603. The highest BCUT2D eigenvalue weighted by molar-refractivity contribution is 6.11. The first-order valence-corrected chi connectivity index (χ1v) is 8.88. The largest absolute Gasteiger partial charge is 0.497 e. The minimum atomic E-state index is -1.12. The molecule has 1 aliphatic rings. The summed E-state index contributed by atoms with van der Waals surface area (Å²) in [6, 6.07) is 15.3. The molecule has 0 radical (unpaired) electrons. The molecule has 0 aromatic heterocycles. The second kappa shape index (κ2) is 7.61. The fourth-order valence-corrected chi connectivity index (χ4v) is 3.41. The van der Waals surface area contributed by atoms with E-state index in [0.717, 1.165) is 10.5 Å². The van der Waals surface area contributed by atoms with Crippen molar-refractivity contribution in [3.8, 4) is 5.75 Å². The van der Waals surface area contributed by atoms with E-state index in [-0.39, 0.29) is 12.3 Å². The van der Waals surface area contributed by atoms with Gasteiger partial charge in [-0.25, -0.2) is 4.79 Å². The average molecular weight is 366 g/mol. The van der Waals surface area contributed by atoms with Gasteiger partial charge in [-0.05, 0) is 24.1 Å². The zero-order valence-corrected chi connectivity index (χ0v) is 15.4. The maximum atomic E-state index is 13.2. The number of urea groups is 1. The Morgan fingerprint density at radius 3 is 2.52 bits per heavy atom. The van der Waals surface area contributed by atoms with Crippen molar-refractivity contribution >= 4 is 17.7 Å². The van der Waals surface area contributed by atoms with Crippen LogP contribution in [0.2, 0.25) is 0 Å². The number of ether oxygens (including phenoxy) is 1. The Morgan fingerprint density at radius 2 is 1.85 bits per heavy atom. The second-order valence-electron chi connectivity index (χ2n) is 6.50. The number of ketones is 1. The van der Waals surface area contributed by atoms with Gasteiger partial charge in [0.15, 0.2) is 5.78 Å². The number of hydrogen-bond donors (Lipinski definition) is 1. The number of hydrogen-bond acceptors (Lipinski definition) is 4. The van der Waals surface area contributed by atoms with Crippen molar-refractivity contribution in [2.24, 2.45) is 0 Å². The number of carbonyl (C=O) groups excluding carboxylic acids is 3. The Bertz CT molecular complexity index is 865. The molecule has 1 unspecified atom stereocenters. The molecule has 0 spiro atoms. The van der Waals surface area contributed by atoms with Gasteiger partial charge in [-0.1, -0.05) is 55.8 Å². The van der Waals surface area contributed by atoms with E-state index in [1.807, 2.05) is 37.3 Å². The Morgan fingerprint density at radius 1 is 1.11 bits per heavy atom. The molecule has 3 rings (SSSR count). The van der Waals surface area contributed by atoms with Gasteiger partial charge in [0.05, 0.1) is 13.7 Å². The van der Waals surface area contributed by atoms with Crippen LogP contribution < -0.4 is 10.1 Å². The van der Waals surface area contributed by atoms with Crippen LogP contribution in [0.4, 0.5) is 4.79 Å². The van der Waals surface area contributed by atoms with Crippen molar-refractivity contribution in [1.29, 1.82) is 0 Å². The summed E-state index contributed by atoms with van der Waals surface area (Å²) in [5.74, 6) is -0.169. The van der Waals surface area contributed by atoms with Crippen molar-refractivity contribution in [3.63, 3.8) is 0 Å². The van der Waals surface area contributed by atoms with E-state index in [0.29, 0.717) is 24.2 Å². The van der Waals surface area contributed by atoms with Gasteiger partial charge >= 0.3 is 6.03 Å².